The summed E-state index contributed by atoms with van der Waals surface area (Å²) in [5.41, 5.74) is 0. The summed E-state index contributed by atoms with van der Waals surface area (Å²) in [6, 6.07) is 0. The number of allylic oxidation sites excluding steroid dienone is 8. The minimum absolute atomic E-state index is 0.0805. The van der Waals surface area contributed by atoms with Crippen LogP contribution in [0.15, 0.2) is 48.6 Å². The Hall–Kier alpha value is -2.19. The van der Waals surface area contributed by atoms with E-state index in [1.807, 2.05) is 0 Å². The second-order valence-electron chi connectivity index (χ2n) is 16.3. The van der Waals surface area contributed by atoms with Gasteiger partial charge in [-0.2, -0.15) is 0 Å². The van der Waals surface area contributed by atoms with Gasteiger partial charge < -0.3 is 39.9 Å². The predicted octanol–water partition coefficient (Wildman–Crippen LogP) is 9.17. The van der Waals surface area contributed by atoms with Crippen LogP contribution in [0.4, 0.5) is 0 Å². The Morgan fingerprint density at radius 2 is 0.885 bits per heavy atom. The van der Waals surface area contributed by atoms with Crippen molar-refractivity contribution in [2.75, 3.05) is 13.2 Å². The molecule has 8 atom stereocenters. The van der Waals surface area contributed by atoms with Crippen LogP contribution in [0, 0.1) is 0 Å². The van der Waals surface area contributed by atoms with Crippen molar-refractivity contribution in [1.82, 2.24) is 0 Å². The number of phosphoric ester groups is 1. The van der Waals surface area contributed by atoms with Gasteiger partial charge >= 0.3 is 19.8 Å². The number of rotatable bonds is 38. The van der Waals surface area contributed by atoms with Crippen LogP contribution in [0.2, 0.25) is 0 Å². The fraction of sp³-hybridized carbons (Fsp3) is 0.787. The van der Waals surface area contributed by atoms with Gasteiger partial charge in [0.05, 0.1) is 6.61 Å². The van der Waals surface area contributed by atoms with E-state index in [1.165, 1.54) is 57.8 Å². The summed E-state index contributed by atoms with van der Waals surface area (Å²) in [5.74, 6) is -1.14. The second kappa shape index (κ2) is 37.2. The van der Waals surface area contributed by atoms with E-state index in [9.17, 15) is 44.6 Å². The predicted molar refractivity (Wildman–Crippen MR) is 239 cm³/mol. The molecule has 6 unspecified atom stereocenters. The SMILES string of the molecule is CCCCC/C=C\C/C=C\C/C=C\CCCCCCC(=O)OC[C@H](COP(=O)(O)OC1C(O)C(O)C(O)[C@@H](O)C1O)OC(=O)CCCCCCC/C=C\CCCCCCCC. The van der Waals surface area contributed by atoms with Gasteiger partial charge in [-0.25, -0.2) is 4.57 Å². The summed E-state index contributed by atoms with van der Waals surface area (Å²) in [7, 11) is -5.13. The molecule has 0 spiro atoms. The molecule has 13 nitrogen and oxygen atoms in total. The van der Waals surface area contributed by atoms with Gasteiger partial charge in [0.15, 0.2) is 6.10 Å². The average molecular weight is 887 g/mol. The van der Waals surface area contributed by atoms with Crippen molar-refractivity contribution in [2.45, 2.75) is 224 Å². The van der Waals surface area contributed by atoms with Gasteiger partial charge in [-0.1, -0.05) is 140 Å². The molecular formula is C47H83O13P. The van der Waals surface area contributed by atoms with E-state index in [4.69, 9.17) is 18.5 Å². The minimum Gasteiger partial charge on any atom is -0.462 e. The molecule has 1 fully saturated rings. The van der Waals surface area contributed by atoms with Gasteiger partial charge in [0, 0.05) is 12.8 Å². The fourth-order valence-electron chi connectivity index (χ4n) is 6.82. The highest BCUT2D eigenvalue weighted by Crippen LogP contribution is 2.47. The van der Waals surface area contributed by atoms with E-state index >= 15 is 0 Å². The van der Waals surface area contributed by atoms with E-state index in [1.54, 1.807) is 0 Å². The Bertz CT molecular complexity index is 1250. The minimum atomic E-state index is -5.13. The Balaban J connectivity index is 2.48. The lowest BCUT2D eigenvalue weighted by molar-refractivity contribution is -0.220. The Morgan fingerprint density at radius 1 is 0.508 bits per heavy atom. The molecule has 6 N–H and O–H groups in total. The largest absolute Gasteiger partial charge is 0.472 e. The zero-order valence-electron chi connectivity index (χ0n) is 37.4. The molecule has 1 aliphatic carbocycles. The third kappa shape index (κ3) is 29.7. The normalized spacial score (nSPS) is 22.4. The average Bonchev–Trinajstić information content (AvgIpc) is 3.24. The molecule has 0 radical (unpaired) electrons. The Labute approximate surface area is 367 Å². The molecule has 0 aromatic carbocycles. The van der Waals surface area contributed by atoms with Crippen molar-refractivity contribution in [3.63, 3.8) is 0 Å². The Morgan fingerprint density at radius 3 is 1.39 bits per heavy atom. The number of ether oxygens (including phenoxy) is 2. The monoisotopic (exact) mass is 887 g/mol. The summed E-state index contributed by atoms with van der Waals surface area (Å²) < 4.78 is 33.5. The first-order chi connectivity index (χ1) is 29.4. The lowest BCUT2D eigenvalue weighted by atomic mass is 9.85. The molecule has 1 saturated carbocycles. The lowest BCUT2D eigenvalue weighted by Gasteiger charge is -2.41. The van der Waals surface area contributed by atoms with Crippen molar-refractivity contribution in [3.8, 4) is 0 Å². The van der Waals surface area contributed by atoms with Crippen LogP contribution in [0.25, 0.3) is 0 Å². The number of unbranched alkanes of at least 4 members (excludes halogenated alkanes) is 18. The van der Waals surface area contributed by atoms with Crippen LogP contribution in [0.1, 0.15) is 181 Å². The van der Waals surface area contributed by atoms with Crippen LogP contribution >= 0.6 is 7.82 Å². The summed E-state index contributed by atoms with van der Waals surface area (Å²) in [6.45, 7) is 3.24. The van der Waals surface area contributed by atoms with Gasteiger partial charge in [0.25, 0.3) is 0 Å². The van der Waals surface area contributed by atoms with E-state index in [0.717, 1.165) is 83.5 Å². The van der Waals surface area contributed by atoms with E-state index in [-0.39, 0.29) is 12.8 Å². The molecule has 0 heterocycles. The summed E-state index contributed by atoms with van der Waals surface area (Å²) in [5, 5.41) is 50.1. The number of phosphoric acid groups is 1. The first-order valence-electron chi connectivity index (χ1n) is 23.4. The number of aliphatic hydroxyl groups is 5. The highest BCUT2D eigenvalue weighted by Gasteiger charge is 2.51. The highest BCUT2D eigenvalue weighted by molar-refractivity contribution is 7.47. The maximum Gasteiger partial charge on any atom is 0.472 e. The number of hydrogen-bond donors (Lipinski definition) is 6. The standard InChI is InChI=1S/C47H83O13P/c1-3-5-7-9-11-13-15-17-19-20-22-23-25-27-29-31-33-35-40(48)57-37-39(38-58-61(55,56)60-47-45(53)43(51)42(50)44(52)46(47)54)59-41(49)36-34-32-30-28-26-24-21-18-16-14-12-10-8-6-4-2/h11,13,17-19,21-23,39,42-47,50-54H,3-10,12,14-16,20,24-38H2,1-2H3,(H,55,56)/b13-11-,19-17-,21-18-,23-22-/t39-,42?,43-,44?,45?,46?,47?/m1/s1. The maximum atomic E-state index is 12.8. The molecule has 14 heteroatoms. The molecule has 1 aliphatic rings. The van der Waals surface area contributed by atoms with E-state index < -0.39 is 75.7 Å². The van der Waals surface area contributed by atoms with Crippen molar-refractivity contribution in [2.24, 2.45) is 0 Å². The molecule has 0 aromatic heterocycles. The van der Waals surface area contributed by atoms with Crippen LogP contribution in [0.5, 0.6) is 0 Å². The maximum absolute atomic E-state index is 12.8. The van der Waals surface area contributed by atoms with Gasteiger partial charge in [-0.3, -0.25) is 18.6 Å². The summed E-state index contributed by atoms with van der Waals surface area (Å²) in [4.78, 5) is 35.7. The number of aliphatic hydroxyl groups excluding tert-OH is 5. The van der Waals surface area contributed by atoms with Crippen LogP contribution in [-0.2, 0) is 32.7 Å². The van der Waals surface area contributed by atoms with Crippen LogP contribution in [0.3, 0.4) is 0 Å². The topological polar surface area (TPSA) is 210 Å². The Kier molecular flexibility index (Phi) is 34.7. The quantitative estimate of drug-likeness (QED) is 0.0148. The van der Waals surface area contributed by atoms with E-state index in [0.29, 0.717) is 12.8 Å². The zero-order chi connectivity index (χ0) is 45.0. The third-order valence-corrected chi connectivity index (χ3v) is 11.6. The number of carbonyl (C=O) groups is 2. The lowest BCUT2D eigenvalue weighted by Crippen LogP contribution is -2.64. The van der Waals surface area contributed by atoms with E-state index in [2.05, 4.69) is 62.5 Å². The highest BCUT2D eigenvalue weighted by atomic mass is 31.2. The molecule has 61 heavy (non-hydrogen) atoms. The molecule has 0 saturated heterocycles. The van der Waals surface area contributed by atoms with Gasteiger partial charge in [-0.05, 0) is 77.0 Å². The molecular weight excluding hydrogens is 803 g/mol. The van der Waals surface area contributed by atoms with Crippen LogP contribution in [-0.4, -0.2) is 98.3 Å². The molecule has 0 aliphatic heterocycles. The molecule has 0 amide bonds. The van der Waals surface area contributed by atoms with Crippen molar-refractivity contribution >= 4 is 19.8 Å². The number of hydrogen-bond acceptors (Lipinski definition) is 12. The molecule has 354 valence electrons. The second-order valence-corrected chi connectivity index (χ2v) is 17.7. The third-order valence-electron chi connectivity index (χ3n) is 10.6. The van der Waals surface area contributed by atoms with Gasteiger partial charge in [0.2, 0.25) is 0 Å². The summed E-state index contributed by atoms with van der Waals surface area (Å²) >= 11 is 0. The number of esters is 2. The van der Waals surface area contributed by atoms with Crippen LogP contribution < -0.4 is 0 Å². The van der Waals surface area contributed by atoms with Gasteiger partial charge in [-0.15, -0.1) is 0 Å². The van der Waals surface area contributed by atoms with Crippen molar-refractivity contribution in [3.05, 3.63) is 48.6 Å². The molecule has 1 rings (SSSR count). The first-order valence-corrected chi connectivity index (χ1v) is 24.9. The first kappa shape index (κ1) is 56.8. The smallest absolute Gasteiger partial charge is 0.462 e. The fourth-order valence-corrected chi connectivity index (χ4v) is 7.79. The molecule has 0 bridgehead atoms. The summed E-state index contributed by atoms with van der Waals surface area (Å²) in [6.07, 6.45) is 30.2. The van der Waals surface area contributed by atoms with Crippen molar-refractivity contribution < 1.29 is 63.1 Å². The van der Waals surface area contributed by atoms with Crippen molar-refractivity contribution in [1.29, 1.82) is 0 Å². The molecule has 0 aromatic rings. The zero-order valence-corrected chi connectivity index (χ0v) is 38.3. The van der Waals surface area contributed by atoms with Gasteiger partial charge in [0.1, 0.15) is 43.2 Å². The number of carbonyl (C=O) groups excluding carboxylic acids is 2.